The molecular formula is C23H31N5O2S. The SMILES string of the molecule is CSc1ncc(CN2CCCNC(=O)CCC(c3ccccc3)CCNC(=O)C2)cn1. The zero-order chi connectivity index (χ0) is 21.9. The van der Waals surface area contributed by atoms with Gasteiger partial charge in [-0.3, -0.25) is 14.5 Å². The van der Waals surface area contributed by atoms with Gasteiger partial charge in [-0.1, -0.05) is 42.1 Å². The van der Waals surface area contributed by atoms with Gasteiger partial charge in [-0.25, -0.2) is 9.97 Å². The van der Waals surface area contributed by atoms with Crippen molar-refractivity contribution in [1.82, 2.24) is 25.5 Å². The Morgan fingerprint density at radius 3 is 2.52 bits per heavy atom. The van der Waals surface area contributed by atoms with Gasteiger partial charge in [-0.05, 0) is 37.0 Å². The highest BCUT2D eigenvalue weighted by Gasteiger charge is 2.17. The topological polar surface area (TPSA) is 87.2 Å². The third kappa shape index (κ3) is 7.95. The fourth-order valence-corrected chi connectivity index (χ4v) is 4.09. The number of nitrogens with one attached hydrogen (secondary N) is 2. The first-order valence-electron chi connectivity index (χ1n) is 10.8. The van der Waals surface area contributed by atoms with Crippen molar-refractivity contribution in [1.29, 1.82) is 0 Å². The molecular weight excluding hydrogens is 410 g/mol. The van der Waals surface area contributed by atoms with Crippen LogP contribution in [0, 0.1) is 0 Å². The van der Waals surface area contributed by atoms with Gasteiger partial charge in [0.05, 0.1) is 6.54 Å². The maximum absolute atomic E-state index is 12.6. The van der Waals surface area contributed by atoms with E-state index in [0.29, 0.717) is 39.1 Å². The van der Waals surface area contributed by atoms with Crippen LogP contribution in [0.3, 0.4) is 0 Å². The summed E-state index contributed by atoms with van der Waals surface area (Å²) in [5.74, 6) is 0.364. The van der Waals surface area contributed by atoms with Crippen molar-refractivity contribution in [3.05, 3.63) is 53.9 Å². The van der Waals surface area contributed by atoms with E-state index >= 15 is 0 Å². The number of hydrogen-bond donors (Lipinski definition) is 2. The lowest BCUT2D eigenvalue weighted by atomic mass is 9.91. The molecule has 1 aromatic carbocycles. The quantitative estimate of drug-likeness (QED) is 0.560. The van der Waals surface area contributed by atoms with Gasteiger partial charge in [-0.15, -0.1) is 0 Å². The van der Waals surface area contributed by atoms with Gasteiger partial charge in [0.15, 0.2) is 5.16 Å². The van der Waals surface area contributed by atoms with Gasteiger partial charge in [0.1, 0.15) is 0 Å². The standard InChI is InChI=1S/C23H31N5O2S/c1-31-23-26-14-18(15-27-23)16-28-13-5-11-24-21(29)9-8-20(10-12-25-22(30)17-28)19-6-3-2-4-7-19/h2-4,6-7,14-15,20H,5,8-13,16-17H2,1H3,(H,24,29)(H,25,30). The second kappa shape index (κ2) is 12.4. The lowest BCUT2D eigenvalue weighted by Gasteiger charge is -2.23. The lowest BCUT2D eigenvalue weighted by molar-refractivity contribution is -0.123. The first-order chi connectivity index (χ1) is 15.1. The summed E-state index contributed by atoms with van der Waals surface area (Å²) >= 11 is 1.50. The Hall–Kier alpha value is -2.45. The molecule has 0 saturated carbocycles. The molecule has 0 bridgehead atoms. The van der Waals surface area contributed by atoms with E-state index in [2.05, 4.69) is 37.6 Å². The second-order valence-electron chi connectivity index (χ2n) is 7.78. The molecule has 1 aliphatic heterocycles. The molecule has 3 rings (SSSR count). The van der Waals surface area contributed by atoms with Crippen LogP contribution in [-0.4, -0.2) is 59.1 Å². The van der Waals surface area contributed by atoms with E-state index in [9.17, 15) is 9.59 Å². The van der Waals surface area contributed by atoms with E-state index in [-0.39, 0.29) is 17.7 Å². The number of carbonyl (C=O) groups excluding carboxylic acids is 2. The highest BCUT2D eigenvalue weighted by atomic mass is 32.2. The van der Waals surface area contributed by atoms with Crippen LogP contribution in [0.15, 0.2) is 47.9 Å². The fourth-order valence-electron chi connectivity index (χ4n) is 3.77. The highest BCUT2D eigenvalue weighted by Crippen LogP contribution is 2.24. The molecule has 1 aliphatic rings. The number of rotatable bonds is 4. The minimum Gasteiger partial charge on any atom is -0.356 e. The number of nitrogens with zero attached hydrogens (tertiary/aromatic N) is 3. The Morgan fingerprint density at radius 1 is 1.03 bits per heavy atom. The van der Waals surface area contributed by atoms with Gasteiger partial charge in [0.25, 0.3) is 0 Å². The van der Waals surface area contributed by atoms with Crippen molar-refractivity contribution in [2.24, 2.45) is 0 Å². The van der Waals surface area contributed by atoms with E-state index < -0.39 is 0 Å². The van der Waals surface area contributed by atoms with E-state index in [1.54, 1.807) is 0 Å². The summed E-state index contributed by atoms with van der Waals surface area (Å²) in [5, 5.41) is 6.83. The van der Waals surface area contributed by atoms with Crippen molar-refractivity contribution >= 4 is 23.6 Å². The second-order valence-corrected chi connectivity index (χ2v) is 8.55. The third-order valence-corrected chi connectivity index (χ3v) is 5.99. The fraction of sp³-hybridized carbons (Fsp3) is 0.478. The van der Waals surface area contributed by atoms with Gasteiger partial charge >= 0.3 is 0 Å². The van der Waals surface area contributed by atoms with E-state index in [1.165, 1.54) is 17.3 Å². The van der Waals surface area contributed by atoms with Crippen molar-refractivity contribution in [2.45, 2.75) is 43.3 Å². The average molecular weight is 442 g/mol. The van der Waals surface area contributed by atoms with Gasteiger partial charge in [0.2, 0.25) is 11.8 Å². The Bertz CT molecular complexity index is 832. The number of benzene rings is 1. The zero-order valence-corrected chi connectivity index (χ0v) is 18.9. The van der Waals surface area contributed by atoms with Gasteiger partial charge in [-0.2, -0.15) is 0 Å². The Balaban J connectivity index is 1.63. The molecule has 2 aromatic rings. The van der Waals surface area contributed by atoms with Crippen molar-refractivity contribution in [3.63, 3.8) is 0 Å². The summed E-state index contributed by atoms with van der Waals surface area (Å²) in [4.78, 5) is 35.6. The molecule has 1 aromatic heterocycles. The maximum Gasteiger partial charge on any atom is 0.234 e. The molecule has 1 atom stereocenters. The zero-order valence-electron chi connectivity index (χ0n) is 18.0. The number of thioether (sulfide) groups is 1. The van der Waals surface area contributed by atoms with Gasteiger partial charge < -0.3 is 10.6 Å². The van der Waals surface area contributed by atoms with Crippen molar-refractivity contribution in [3.8, 4) is 0 Å². The number of hydrogen-bond acceptors (Lipinski definition) is 6. The van der Waals surface area contributed by atoms with Crippen LogP contribution in [0.25, 0.3) is 0 Å². The van der Waals surface area contributed by atoms with Crippen LogP contribution in [0.5, 0.6) is 0 Å². The van der Waals surface area contributed by atoms with Crippen LogP contribution in [0.4, 0.5) is 0 Å². The summed E-state index contributed by atoms with van der Waals surface area (Å²) in [6.45, 7) is 2.83. The summed E-state index contributed by atoms with van der Waals surface area (Å²) in [5.41, 5.74) is 2.19. The molecule has 0 aliphatic carbocycles. The molecule has 0 spiro atoms. The molecule has 0 radical (unpaired) electrons. The van der Waals surface area contributed by atoms with Gasteiger partial charge in [0, 0.05) is 50.6 Å². The first-order valence-corrected chi connectivity index (χ1v) is 12.0. The number of amides is 2. The summed E-state index contributed by atoms with van der Waals surface area (Å²) in [6, 6.07) is 10.2. The average Bonchev–Trinajstić information content (AvgIpc) is 2.79. The van der Waals surface area contributed by atoms with Crippen LogP contribution < -0.4 is 10.6 Å². The molecule has 31 heavy (non-hydrogen) atoms. The minimum atomic E-state index is 0.0227. The highest BCUT2D eigenvalue weighted by molar-refractivity contribution is 7.98. The lowest BCUT2D eigenvalue weighted by Crippen LogP contribution is -2.39. The normalized spacial score (nSPS) is 19.8. The maximum atomic E-state index is 12.6. The summed E-state index contributed by atoms with van der Waals surface area (Å²) in [7, 11) is 0. The third-order valence-electron chi connectivity index (χ3n) is 5.42. The Labute approximate surface area is 188 Å². The molecule has 1 fully saturated rings. The summed E-state index contributed by atoms with van der Waals surface area (Å²) < 4.78 is 0. The molecule has 2 N–H and O–H groups in total. The van der Waals surface area contributed by atoms with E-state index in [1.807, 2.05) is 36.8 Å². The molecule has 7 nitrogen and oxygen atoms in total. The van der Waals surface area contributed by atoms with Crippen molar-refractivity contribution < 1.29 is 9.59 Å². The minimum absolute atomic E-state index is 0.0227. The monoisotopic (exact) mass is 441 g/mol. The smallest absolute Gasteiger partial charge is 0.234 e. The predicted molar refractivity (Wildman–Crippen MR) is 123 cm³/mol. The summed E-state index contributed by atoms with van der Waals surface area (Å²) in [6.07, 6.45) is 8.44. The van der Waals surface area contributed by atoms with Crippen LogP contribution >= 0.6 is 11.8 Å². The van der Waals surface area contributed by atoms with E-state index in [0.717, 1.165) is 30.0 Å². The Morgan fingerprint density at radius 2 is 1.77 bits per heavy atom. The first kappa shape index (κ1) is 23.2. The van der Waals surface area contributed by atoms with Crippen LogP contribution in [0.1, 0.15) is 42.7 Å². The Kier molecular flexibility index (Phi) is 9.30. The van der Waals surface area contributed by atoms with Crippen molar-refractivity contribution in [2.75, 3.05) is 32.4 Å². The molecule has 166 valence electrons. The molecule has 8 heteroatoms. The number of aromatic nitrogens is 2. The van der Waals surface area contributed by atoms with E-state index in [4.69, 9.17) is 0 Å². The number of carbonyl (C=O) groups is 2. The predicted octanol–water partition coefficient (Wildman–Crippen LogP) is 2.59. The molecule has 1 saturated heterocycles. The molecule has 2 amide bonds. The largest absolute Gasteiger partial charge is 0.356 e. The molecule has 2 heterocycles. The van der Waals surface area contributed by atoms with Crippen LogP contribution in [0.2, 0.25) is 0 Å². The molecule has 1 unspecified atom stereocenters. The van der Waals surface area contributed by atoms with Crippen LogP contribution in [-0.2, 0) is 16.1 Å².